The molecule has 0 bridgehead atoms. The van der Waals surface area contributed by atoms with Crippen molar-refractivity contribution in [3.8, 4) is 0 Å². The number of halogens is 3. The second-order valence-electron chi connectivity index (χ2n) is 2.89. The first-order chi connectivity index (χ1) is 5.18. The molecule has 0 N–H and O–H groups in total. The van der Waals surface area contributed by atoms with E-state index in [0.29, 0.717) is 19.4 Å². The van der Waals surface area contributed by atoms with E-state index in [2.05, 4.69) is 0 Å². The number of nitrogens with zero attached hydrogens (tertiary/aromatic N) is 1. The molecule has 1 saturated heterocycles. The zero-order valence-corrected chi connectivity index (χ0v) is 6.27. The molecule has 11 heavy (non-hydrogen) atoms. The Labute approximate surface area is 64.2 Å². The van der Waals surface area contributed by atoms with Gasteiger partial charge in [-0.3, -0.25) is 4.90 Å². The van der Waals surface area contributed by atoms with Crippen LogP contribution in [-0.2, 0) is 0 Å². The molecule has 0 radical (unpaired) electrons. The van der Waals surface area contributed by atoms with Gasteiger partial charge >= 0.3 is 0 Å². The van der Waals surface area contributed by atoms with Gasteiger partial charge < -0.3 is 0 Å². The highest BCUT2D eigenvalue weighted by Crippen LogP contribution is 2.13. The van der Waals surface area contributed by atoms with E-state index in [9.17, 15) is 13.2 Å². The van der Waals surface area contributed by atoms with Crippen LogP contribution in [-0.4, -0.2) is 37.1 Å². The van der Waals surface area contributed by atoms with Crippen LogP contribution in [0.2, 0.25) is 0 Å². The zero-order valence-electron chi connectivity index (χ0n) is 6.27. The van der Waals surface area contributed by atoms with Crippen LogP contribution >= 0.6 is 0 Å². The van der Waals surface area contributed by atoms with Crippen molar-refractivity contribution in [2.45, 2.75) is 25.4 Å². The zero-order chi connectivity index (χ0) is 8.27. The minimum absolute atomic E-state index is 0.185. The van der Waals surface area contributed by atoms with Gasteiger partial charge in [0.05, 0.1) is 6.54 Å². The summed E-state index contributed by atoms with van der Waals surface area (Å²) in [6, 6.07) is 0. The van der Waals surface area contributed by atoms with Gasteiger partial charge in [-0.1, -0.05) is 0 Å². The Bertz CT molecular complexity index is 116. The molecule has 0 saturated carbocycles. The molecule has 0 aliphatic carbocycles. The molecule has 4 heteroatoms. The molecule has 0 aromatic rings. The number of hydrogen-bond donors (Lipinski definition) is 0. The average Bonchev–Trinajstić information content (AvgIpc) is 1.85. The van der Waals surface area contributed by atoms with Crippen LogP contribution in [0.25, 0.3) is 0 Å². The Morgan fingerprint density at radius 3 is 2.73 bits per heavy atom. The molecule has 1 aliphatic rings. The predicted molar refractivity (Wildman–Crippen MR) is 36.6 cm³/mol. The fourth-order valence-corrected chi connectivity index (χ4v) is 1.36. The van der Waals surface area contributed by atoms with Gasteiger partial charge in [-0.05, 0) is 19.4 Å². The fourth-order valence-electron chi connectivity index (χ4n) is 1.36. The number of likely N-dealkylation sites (tertiary alicyclic amines) is 1. The van der Waals surface area contributed by atoms with Gasteiger partial charge in [0.2, 0.25) is 0 Å². The van der Waals surface area contributed by atoms with E-state index < -0.39 is 12.6 Å². The molecule has 0 unspecified atom stereocenters. The summed E-state index contributed by atoms with van der Waals surface area (Å²) >= 11 is 0. The summed E-state index contributed by atoms with van der Waals surface area (Å²) in [4.78, 5) is 1.48. The molecular formula is C7H12F3N. The topological polar surface area (TPSA) is 3.24 Å². The van der Waals surface area contributed by atoms with Gasteiger partial charge in [-0.2, -0.15) is 0 Å². The largest absolute Gasteiger partial charge is 0.295 e. The molecule has 1 fully saturated rings. The van der Waals surface area contributed by atoms with Crippen molar-refractivity contribution in [2.24, 2.45) is 0 Å². The highest BCUT2D eigenvalue weighted by molar-refractivity contribution is 4.72. The third kappa shape index (κ3) is 3.10. The van der Waals surface area contributed by atoms with E-state index >= 15 is 0 Å². The quantitative estimate of drug-likeness (QED) is 0.604. The third-order valence-electron chi connectivity index (χ3n) is 1.84. The summed E-state index contributed by atoms with van der Waals surface area (Å²) in [7, 11) is 0. The van der Waals surface area contributed by atoms with Crippen LogP contribution in [0.15, 0.2) is 0 Å². The molecule has 0 amide bonds. The molecule has 1 rings (SSSR count). The minimum Gasteiger partial charge on any atom is -0.295 e. The Hall–Kier alpha value is -0.250. The first-order valence-corrected chi connectivity index (χ1v) is 3.83. The lowest BCUT2D eigenvalue weighted by Crippen LogP contribution is -2.39. The monoisotopic (exact) mass is 167 g/mol. The van der Waals surface area contributed by atoms with Crippen molar-refractivity contribution in [1.29, 1.82) is 0 Å². The van der Waals surface area contributed by atoms with Crippen molar-refractivity contribution < 1.29 is 13.2 Å². The lowest BCUT2D eigenvalue weighted by atomic mass is 10.1. The summed E-state index contributed by atoms with van der Waals surface area (Å²) in [5.74, 6) is 0. The molecule has 1 aliphatic heterocycles. The highest BCUT2D eigenvalue weighted by atomic mass is 19.3. The molecule has 1 nitrogen and oxygen atoms in total. The first kappa shape index (κ1) is 8.84. The number of hydrogen-bond acceptors (Lipinski definition) is 1. The maximum absolute atomic E-state index is 12.6. The van der Waals surface area contributed by atoms with E-state index in [1.54, 1.807) is 0 Å². The smallest absolute Gasteiger partial charge is 0.251 e. The van der Waals surface area contributed by atoms with Crippen LogP contribution in [0.1, 0.15) is 12.8 Å². The van der Waals surface area contributed by atoms with E-state index in [-0.39, 0.29) is 13.1 Å². The van der Waals surface area contributed by atoms with E-state index in [4.69, 9.17) is 0 Å². The van der Waals surface area contributed by atoms with Crippen molar-refractivity contribution in [2.75, 3.05) is 19.6 Å². The standard InChI is InChI=1S/C7H12F3N/c8-6-2-1-3-11(4-6)5-7(9)10/h6-7H,1-5H2/t6-/m0/s1. The van der Waals surface area contributed by atoms with Gasteiger partial charge in [0.1, 0.15) is 6.17 Å². The van der Waals surface area contributed by atoms with Crippen molar-refractivity contribution in [3.63, 3.8) is 0 Å². The van der Waals surface area contributed by atoms with Gasteiger partial charge in [-0.25, -0.2) is 13.2 Å². The molecule has 1 heterocycles. The molecule has 0 spiro atoms. The van der Waals surface area contributed by atoms with Crippen molar-refractivity contribution >= 4 is 0 Å². The summed E-state index contributed by atoms with van der Waals surface area (Å²) in [6.07, 6.45) is -2.00. The fraction of sp³-hybridized carbons (Fsp3) is 1.00. The molecule has 1 atom stereocenters. The van der Waals surface area contributed by atoms with E-state index in [1.807, 2.05) is 0 Å². The summed E-state index contributed by atoms with van der Waals surface area (Å²) in [5.41, 5.74) is 0. The van der Waals surface area contributed by atoms with Gasteiger partial charge in [0.25, 0.3) is 6.43 Å². The lowest BCUT2D eigenvalue weighted by molar-refractivity contribution is 0.0565. The van der Waals surface area contributed by atoms with Gasteiger partial charge in [-0.15, -0.1) is 0 Å². The summed E-state index contributed by atoms with van der Waals surface area (Å²) < 4.78 is 36.2. The Morgan fingerprint density at radius 2 is 2.18 bits per heavy atom. The van der Waals surface area contributed by atoms with Crippen LogP contribution in [0.5, 0.6) is 0 Å². The van der Waals surface area contributed by atoms with E-state index in [1.165, 1.54) is 4.90 Å². The van der Waals surface area contributed by atoms with Crippen molar-refractivity contribution in [3.05, 3.63) is 0 Å². The average molecular weight is 167 g/mol. The van der Waals surface area contributed by atoms with Gasteiger partial charge in [0, 0.05) is 6.54 Å². The van der Waals surface area contributed by atoms with E-state index in [0.717, 1.165) is 0 Å². The SMILES string of the molecule is FC(F)CN1CCC[C@H](F)C1. The third-order valence-corrected chi connectivity index (χ3v) is 1.84. The lowest BCUT2D eigenvalue weighted by Gasteiger charge is -2.28. The summed E-state index contributed by atoms with van der Waals surface area (Å²) in [5, 5.41) is 0. The molecule has 0 aromatic heterocycles. The van der Waals surface area contributed by atoms with Crippen LogP contribution in [0.3, 0.4) is 0 Å². The Kier molecular flexibility index (Phi) is 3.17. The highest BCUT2D eigenvalue weighted by Gasteiger charge is 2.21. The van der Waals surface area contributed by atoms with Crippen molar-refractivity contribution in [1.82, 2.24) is 4.90 Å². The van der Waals surface area contributed by atoms with Crippen LogP contribution < -0.4 is 0 Å². The normalized spacial score (nSPS) is 27.8. The number of piperidine rings is 1. The number of alkyl halides is 3. The molecular weight excluding hydrogens is 155 g/mol. The second kappa shape index (κ2) is 3.95. The maximum Gasteiger partial charge on any atom is 0.251 e. The van der Waals surface area contributed by atoms with Crippen LogP contribution in [0, 0.1) is 0 Å². The van der Waals surface area contributed by atoms with Crippen LogP contribution in [0.4, 0.5) is 13.2 Å². The maximum atomic E-state index is 12.6. The van der Waals surface area contributed by atoms with Gasteiger partial charge in [0.15, 0.2) is 0 Å². The molecule has 66 valence electrons. The first-order valence-electron chi connectivity index (χ1n) is 3.83. The predicted octanol–water partition coefficient (Wildman–Crippen LogP) is 1.69. The Balaban J connectivity index is 2.23. The summed E-state index contributed by atoms with van der Waals surface area (Å²) in [6.45, 7) is 0.523. The molecule has 0 aromatic carbocycles. The second-order valence-corrected chi connectivity index (χ2v) is 2.89. The minimum atomic E-state index is -2.33. The number of rotatable bonds is 2. The Morgan fingerprint density at radius 1 is 1.45 bits per heavy atom.